The fraction of sp³-hybridized carbons (Fsp3) is 0.0667. The van der Waals surface area contributed by atoms with Crippen molar-refractivity contribution in [2.24, 2.45) is 0 Å². The first-order chi connectivity index (χ1) is 9.63. The molecule has 0 aliphatic rings. The van der Waals surface area contributed by atoms with Gasteiger partial charge < -0.3 is 5.11 Å². The molecule has 3 aromatic rings. The summed E-state index contributed by atoms with van der Waals surface area (Å²) in [6.07, 6.45) is 0.318. The average Bonchev–Trinajstić information content (AvgIpc) is 2.80. The summed E-state index contributed by atoms with van der Waals surface area (Å²) in [7, 11) is 0. The van der Waals surface area contributed by atoms with E-state index >= 15 is 0 Å². The van der Waals surface area contributed by atoms with Crippen LogP contribution in [0.3, 0.4) is 0 Å². The smallest absolute Gasteiger partial charge is 0.335 e. The van der Waals surface area contributed by atoms with Crippen molar-refractivity contribution in [3.63, 3.8) is 0 Å². The molecular weight excluding hydrogens is 277 g/mol. The number of hydrogen-bond acceptors (Lipinski definition) is 3. The van der Waals surface area contributed by atoms with Gasteiger partial charge in [0.25, 0.3) is 0 Å². The molecule has 0 fully saturated rings. The highest BCUT2D eigenvalue weighted by molar-refractivity contribution is 7.18. The van der Waals surface area contributed by atoms with Crippen molar-refractivity contribution in [2.75, 3.05) is 0 Å². The van der Waals surface area contributed by atoms with Gasteiger partial charge in [0.1, 0.15) is 5.82 Å². The number of carboxylic acids is 1. The highest BCUT2D eigenvalue weighted by Crippen LogP contribution is 2.25. The van der Waals surface area contributed by atoms with E-state index in [0.717, 1.165) is 21.3 Å². The third-order valence-corrected chi connectivity index (χ3v) is 4.01. The van der Waals surface area contributed by atoms with E-state index in [4.69, 9.17) is 5.11 Å². The van der Waals surface area contributed by atoms with Gasteiger partial charge in [0.2, 0.25) is 0 Å². The van der Waals surface area contributed by atoms with E-state index in [2.05, 4.69) is 4.98 Å². The lowest BCUT2D eigenvalue weighted by Crippen LogP contribution is -2.03. The second-order valence-corrected chi connectivity index (χ2v) is 5.47. The van der Waals surface area contributed by atoms with E-state index < -0.39 is 11.8 Å². The van der Waals surface area contributed by atoms with Crippen LogP contribution in [0.4, 0.5) is 4.39 Å². The van der Waals surface area contributed by atoms with E-state index in [0.29, 0.717) is 12.0 Å². The van der Waals surface area contributed by atoms with E-state index in [-0.39, 0.29) is 5.56 Å². The lowest BCUT2D eigenvalue weighted by atomic mass is 10.0. The van der Waals surface area contributed by atoms with E-state index in [1.807, 2.05) is 24.3 Å². The lowest BCUT2D eigenvalue weighted by Gasteiger charge is -2.04. The van der Waals surface area contributed by atoms with Gasteiger partial charge in [-0.3, -0.25) is 0 Å². The molecule has 1 N–H and O–H groups in total. The second-order valence-electron chi connectivity index (χ2n) is 4.36. The van der Waals surface area contributed by atoms with Crippen LogP contribution in [0.5, 0.6) is 0 Å². The number of fused-ring (bicyclic) bond motifs is 1. The number of aromatic nitrogens is 1. The summed E-state index contributed by atoms with van der Waals surface area (Å²) in [6.45, 7) is 0. The molecule has 1 heterocycles. The summed E-state index contributed by atoms with van der Waals surface area (Å²) in [5.41, 5.74) is 1.43. The van der Waals surface area contributed by atoms with Crippen LogP contribution in [0, 0.1) is 5.82 Å². The molecule has 0 atom stereocenters. The Bertz CT molecular complexity index is 764. The zero-order valence-corrected chi connectivity index (χ0v) is 11.2. The highest BCUT2D eigenvalue weighted by atomic mass is 32.1. The summed E-state index contributed by atoms with van der Waals surface area (Å²) in [6, 6.07) is 11.4. The maximum atomic E-state index is 13.3. The Labute approximate surface area is 118 Å². The molecule has 0 saturated carbocycles. The quantitative estimate of drug-likeness (QED) is 0.798. The first kappa shape index (κ1) is 12.7. The third kappa shape index (κ3) is 2.40. The normalized spacial score (nSPS) is 10.8. The summed E-state index contributed by atoms with van der Waals surface area (Å²) >= 11 is 1.49. The first-order valence-corrected chi connectivity index (χ1v) is 6.81. The molecule has 0 radical (unpaired) electrons. The standard InChI is InChI=1S/C15H10FNO2S/c16-10-5-6-11(15(18)19)9(7-10)8-14-17-12-3-1-2-4-13(12)20-14/h1-7H,8H2,(H,18,19). The van der Waals surface area contributed by atoms with Crippen LogP contribution in [0.1, 0.15) is 20.9 Å². The van der Waals surface area contributed by atoms with Crippen molar-refractivity contribution >= 4 is 27.5 Å². The average molecular weight is 287 g/mol. The Morgan fingerprint density at radius 1 is 1.25 bits per heavy atom. The summed E-state index contributed by atoms with van der Waals surface area (Å²) in [5.74, 6) is -1.49. The van der Waals surface area contributed by atoms with Gasteiger partial charge in [-0.1, -0.05) is 12.1 Å². The number of halogens is 1. The summed E-state index contributed by atoms with van der Waals surface area (Å²) in [4.78, 5) is 15.6. The molecule has 0 aliphatic carbocycles. The molecule has 0 spiro atoms. The van der Waals surface area contributed by atoms with Crippen LogP contribution in [-0.4, -0.2) is 16.1 Å². The molecule has 0 bridgehead atoms. The Morgan fingerprint density at radius 2 is 2.05 bits per heavy atom. The van der Waals surface area contributed by atoms with E-state index in [1.54, 1.807) is 0 Å². The van der Waals surface area contributed by atoms with Gasteiger partial charge in [-0.2, -0.15) is 0 Å². The Balaban J connectivity index is 2.01. The number of hydrogen-bond donors (Lipinski definition) is 1. The monoisotopic (exact) mass is 287 g/mol. The summed E-state index contributed by atoms with van der Waals surface area (Å²) < 4.78 is 14.3. The van der Waals surface area contributed by atoms with Crippen LogP contribution in [0.25, 0.3) is 10.2 Å². The van der Waals surface area contributed by atoms with Gasteiger partial charge >= 0.3 is 5.97 Å². The number of rotatable bonds is 3. The number of benzene rings is 2. The van der Waals surface area contributed by atoms with Crippen LogP contribution in [0.2, 0.25) is 0 Å². The molecule has 0 amide bonds. The molecule has 0 saturated heterocycles. The van der Waals surface area contributed by atoms with Crippen LogP contribution < -0.4 is 0 Å². The summed E-state index contributed by atoms with van der Waals surface area (Å²) in [5, 5.41) is 9.91. The molecule has 100 valence electrons. The molecule has 1 aromatic heterocycles. The van der Waals surface area contributed by atoms with Crippen molar-refractivity contribution in [1.82, 2.24) is 4.98 Å². The number of carboxylic acid groups (broad SMARTS) is 1. The second kappa shape index (κ2) is 5.02. The Hall–Kier alpha value is -2.27. The maximum absolute atomic E-state index is 13.3. The number of aromatic carboxylic acids is 1. The predicted octanol–water partition coefficient (Wildman–Crippen LogP) is 3.72. The van der Waals surface area contributed by atoms with Crippen molar-refractivity contribution in [2.45, 2.75) is 6.42 Å². The Kier molecular flexibility index (Phi) is 3.20. The topological polar surface area (TPSA) is 50.2 Å². The van der Waals surface area contributed by atoms with Crippen LogP contribution in [-0.2, 0) is 6.42 Å². The Morgan fingerprint density at radius 3 is 2.80 bits per heavy atom. The van der Waals surface area contributed by atoms with Crippen molar-refractivity contribution < 1.29 is 14.3 Å². The van der Waals surface area contributed by atoms with Crippen molar-refractivity contribution in [3.8, 4) is 0 Å². The number of nitrogens with zero attached hydrogens (tertiary/aromatic N) is 1. The van der Waals surface area contributed by atoms with Crippen molar-refractivity contribution in [3.05, 3.63) is 64.4 Å². The molecule has 0 aliphatic heterocycles. The van der Waals surface area contributed by atoms with Gasteiger partial charge in [-0.05, 0) is 35.9 Å². The minimum absolute atomic E-state index is 0.116. The van der Waals surface area contributed by atoms with E-state index in [9.17, 15) is 9.18 Å². The molecular formula is C15H10FNO2S. The maximum Gasteiger partial charge on any atom is 0.335 e. The molecule has 20 heavy (non-hydrogen) atoms. The zero-order chi connectivity index (χ0) is 14.1. The van der Waals surface area contributed by atoms with Gasteiger partial charge in [0, 0.05) is 6.42 Å². The minimum atomic E-state index is -1.05. The highest BCUT2D eigenvalue weighted by Gasteiger charge is 2.13. The number of para-hydroxylation sites is 1. The molecule has 0 unspecified atom stereocenters. The predicted molar refractivity (Wildman–Crippen MR) is 75.8 cm³/mol. The SMILES string of the molecule is O=C(O)c1ccc(F)cc1Cc1nc2ccccc2s1. The first-order valence-electron chi connectivity index (χ1n) is 5.99. The fourth-order valence-corrected chi connectivity index (χ4v) is 3.07. The van der Waals surface area contributed by atoms with Gasteiger partial charge in [0.15, 0.2) is 0 Å². The fourth-order valence-electron chi connectivity index (χ4n) is 2.08. The molecule has 2 aromatic carbocycles. The van der Waals surface area contributed by atoms with E-state index in [1.165, 1.54) is 23.5 Å². The lowest BCUT2D eigenvalue weighted by molar-refractivity contribution is 0.0696. The van der Waals surface area contributed by atoms with Crippen LogP contribution >= 0.6 is 11.3 Å². The molecule has 3 nitrogen and oxygen atoms in total. The van der Waals surface area contributed by atoms with Crippen LogP contribution in [0.15, 0.2) is 42.5 Å². The minimum Gasteiger partial charge on any atom is -0.478 e. The van der Waals surface area contributed by atoms with Gasteiger partial charge in [-0.15, -0.1) is 11.3 Å². The van der Waals surface area contributed by atoms with Gasteiger partial charge in [-0.25, -0.2) is 14.2 Å². The number of thiazole rings is 1. The zero-order valence-electron chi connectivity index (χ0n) is 10.3. The van der Waals surface area contributed by atoms with Crippen molar-refractivity contribution in [1.29, 1.82) is 0 Å². The molecule has 3 rings (SSSR count). The number of carbonyl (C=O) groups is 1. The van der Waals surface area contributed by atoms with Gasteiger partial charge in [0.05, 0.1) is 20.8 Å². The largest absolute Gasteiger partial charge is 0.478 e. The third-order valence-electron chi connectivity index (χ3n) is 2.98. The molecule has 5 heteroatoms.